The molecule has 1 N–H and O–H groups in total. The smallest absolute Gasteiger partial charge is 0.326 e. The number of nitro benzene ring substituents is 1. The fourth-order valence-corrected chi connectivity index (χ4v) is 2.66. The highest BCUT2D eigenvalue weighted by molar-refractivity contribution is 6.00. The number of hydrogen-bond acceptors (Lipinski definition) is 4. The van der Waals surface area contributed by atoms with Crippen LogP contribution in [-0.2, 0) is 4.79 Å². The predicted molar refractivity (Wildman–Crippen MR) is 74.1 cm³/mol. The summed E-state index contributed by atoms with van der Waals surface area (Å²) in [7, 11) is 0. The number of likely N-dealkylation sites (tertiary alicyclic amines) is 1. The minimum absolute atomic E-state index is 0.0480. The molecular formula is C14H16N2O5. The van der Waals surface area contributed by atoms with Gasteiger partial charge in [-0.15, -0.1) is 0 Å². The second kappa shape index (κ2) is 5.90. The Labute approximate surface area is 121 Å². The topological polar surface area (TPSA) is 101 Å². The van der Waals surface area contributed by atoms with Crippen LogP contribution in [0.3, 0.4) is 0 Å². The van der Waals surface area contributed by atoms with E-state index in [0.29, 0.717) is 24.9 Å². The number of aliphatic carboxylic acids is 1. The highest BCUT2D eigenvalue weighted by Crippen LogP contribution is 2.27. The Balaban J connectivity index is 2.42. The summed E-state index contributed by atoms with van der Waals surface area (Å²) in [5.41, 5.74) is 0.0834. The molecule has 0 bridgehead atoms. The molecule has 7 heteroatoms. The van der Waals surface area contributed by atoms with E-state index < -0.39 is 22.8 Å². The molecule has 1 amide bonds. The SMILES string of the molecule is Cc1cccc(C(=O)N2CCCCC2C(=O)O)c1[N+](=O)[O-]. The lowest BCUT2D eigenvalue weighted by molar-refractivity contribution is -0.385. The molecule has 21 heavy (non-hydrogen) atoms. The number of para-hydroxylation sites is 1. The summed E-state index contributed by atoms with van der Waals surface area (Å²) in [6.45, 7) is 1.86. The van der Waals surface area contributed by atoms with Gasteiger partial charge in [-0.05, 0) is 32.3 Å². The van der Waals surface area contributed by atoms with E-state index in [4.69, 9.17) is 0 Å². The van der Waals surface area contributed by atoms with Crippen LogP contribution in [0.4, 0.5) is 5.69 Å². The Kier molecular flexibility index (Phi) is 4.21. The number of carbonyl (C=O) groups excluding carboxylic acids is 1. The molecule has 1 aromatic rings. The summed E-state index contributed by atoms with van der Waals surface area (Å²) >= 11 is 0. The van der Waals surface area contributed by atoms with Gasteiger partial charge in [0.1, 0.15) is 11.6 Å². The van der Waals surface area contributed by atoms with Crippen molar-refractivity contribution in [2.75, 3.05) is 6.54 Å². The minimum atomic E-state index is -1.07. The third-order valence-corrected chi connectivity index (χ3v) is 3.70. The van der Waals surface area contributed by atoms with Gasteiger partial charge in [0.15, 0.2) is 0 Å². The molecule has 0 aliphatic carbocycles. The number of carboxylic acid groups (broad SMARTS) is 1. The van der Waals surface area contributed by atoms with E-state index >= 15 is 0 Å². The quantitative estimate of drug-likeness (QED) is 0.678. The number of carboxylic acids is 1. The largest absolute Gasteiger partial charge is 0.480 e. The van der Waals surface area contributed by atoms with Crippen LogP contribution < -0.4 is 0 Å². The van der Waals surface area contributed by atoms with Crippen molar-refractivity contribution in [1.29, 1.82) is 0 Å². The van der Waals surface area contributed by atoms with Gasteiger partial charge in [-0.3, -0.25) is 14.9 Å². The highest BCUT2D eigenvalue weighted by atomic mass is 16.6. The van der Waals surface area contributed by atoms with Gasteiger partial charge in [0.2, 0.25) is 0 Å². The van der Waals surface area contributed by atoms with Gasteiger partial charge in [-0.1, -0.05) is 12.1 Å². The van der Waals surface area contributed by atoms with E-state index in [1.54, 1.807) is 19.1 Å². The number of benzene rings is 1. The van der Waals surface area contributed by atoms with Gasteiger partial charge in [-0.2, -0.15) is 0 Å². The number of piperidine rings is 1. The number of amides is 1. The average molecular weight is 292 g/mol. The van der Waals surface area contributed by atoms with Crippen LogP contribution in [0.25, 0.3) is 0 Å². The van der Waals surface area contributed by atoms with Gasteiger partial charge in [0.25, 0.3) is 11.6 Å². The van der Waals surface area contributed by atoms with Gasteiger partial charge in [0, 0.05) is 12.1 Å². The second-order valence-electron chi connectivity index (χ2n) is 5.08. The van der Waals surface area contributed by atoms with Crippen molar-refractivity contribution >= 4 is 17.6 Å². The molecule has 1 aliphatic heterocycles. The normalized spacial score (nSPS) is 18.3. The number of nitro groups is 1. The lowest BCUT2D eigenvalue weighted by atomic mass is 9.99. The van der Waals surface area contributed by atoms with Crippen molar-refractivity contribution in [3.8, 4) is 0 Å². The fourth-order valence-electron chi connectivity index (χ4n) is 2.66. The standard InChI is InChI=1S/C14H16N2O5/c1-9-5-4-6-10(12(9)16(20)21)13(17)15-8-3-2-7-11(15)14(18)19/h4-6,11H,2-3,7-8H2,1H3,(H,18,19). The van der Waals surface area contributed by atoms with Crippen LogP contribution in [-0.4, -0.2) is 39.4 Å². The molecule has 7 nitrogen and oxygen atoms in total. The van der Waals surface area contributed by atoms with E-state index in [1.165, 1.54) is 11.0 Å². The Bertz CT molecular complexity index is 599. The predicted octanol–water partition coefficient (Wildman–Crippen LogP) is 1.98. The summed E-state index contributed by atoms with van der Waals surface area (Å²) < 4.78 is 0. The Morgan fingerprint density at radius 3 is 2.71 bits per heavy atom. The number of hydrogen-bond donors (Lipinski definition) is 1. The first kappa shape index (κ1) is 15.0. The monoisotopic (exact) mass is 292 g/mol. The Morgan fingerprint density at radius 2 is 2.10 bits per heavy atom. The molecule has 1 aliphatic rings. The lowest BCUT2D eigenvalue weighted by Crippen LogP contribution is -2.48. The summed E-state index contributed by atoms with van der Waals surface area (Å²) in [4.78, 5) is 35.6. The molecule has 1 aromatic carbocycles. The van der Waals surface area contributed by atoms with Crippen molar-refractivity contribution in [1.82, 2.24) is 4.90 Å². The Hall–Kier alpha value is -2.44. The van der Waals surface area contributed by atoms with Crippen molar-refractivity contribution < 1.29 is 19.6 Å². The van der Waals surface area contributed by atoms with Crippen LogP contribution in [0.2, 0.25) is 0 Å². The van der Waals surface area contributed by atoms with E-state index in [0.717, 1.165) is 6.42 Å². The van der Waals surface area contributed by atoms with Crippen LogP contribution in [0.1, 0.15) is 35.2 Å². The van der Waals surface area contributed by atoms with Crippen molar-refractivity contribution in [2.45, 2.75) is 32.2 Å². The average Bonchev–Trinajstić information content (AvgIpc) is 2.45. The minimum Gasteiger partial charge on any atom is -0.480 e. The zero-order valence-electron chi connectivity index (χ0n) is 11.6. The lowest BCUT2D eigenvalue weighted by Gasteiger charge is -2.32. The molecule has 0 radical (unpaired) electrons. The molecule has 0 aromatic heterocycles. The first-order chi connectivity index (χ1) is 9.93. The summed E-state index contributed by atoms with van der Waals surface area (Å²) in [5, 5.41) is 20.4. The van der Waals surface area contributed by atoms with Crippen LogP contribution in [0.5, 0.6) is 0 Å². The van der Waals surface area contributed by atoms with E-state index in [2.05, 4.69) is 0 Å². The molecule has 1 unspecified atom stereocenters. The van der Waals surface area contributed by atoms with Gasteiger partial charge >= 0.3 is 5.97 Å². The molecule has 2 rings (SSSR count). The zero-order chi connectivity index (χ0) is 15.6. The molecule has 0 spiro atoms. The van der Waals surface area contributed by atoms with Gasteiger partial charge < -0.3 is 10.0 Å². The van der Waals surface area contributed by atoms with Crippen LogP contribution in [0, 0.1) is 17.0 Å². The summed E-state index contributed by atoms with van der Waals surface area (Å²) in [6, 6.07) is 3.59. The van der Waals surface area contributed by atoms with Gasteiger partial charge in [0.05, 0.1) is 4.92 Å². The van der Waals surface area contributed by atoms with E-state index in [-0.39, 0.29) is 11.3 Å². The number of rotatable bonds is 3. The Morgan fingerprint density at radius 1 is 1.38 bits per heavy atom. The molecule has 0 saturated carbocycles. The summed E-state index contributed by atoms with van der Waals surface area (Å²) in [6.07, 6.45) is 1.81. The summed E-state index contributed by atoms with van der Waals surface area (Å²) in [5.74, 6) is -1.66. The molecule has 1 fully saturated rings. The molecular weight excluding hydrogens is 276 g/mol. The number of aryl methyl sites for hydroxylation is 1. The van der Waals surface area contributed by atoms with Crippen LogP contribution >= 0.6 is 0 Å². The molecule has 112 valence electrons. The number of carbonyl (C=O) groups is 2. The maximum absolute atomic E-state index is 12.6. The molecule has 1 saturated heterocycles. The first-order valence-electron chi connectivity index (χ1n) is 6.71. The van der Waals surface area contributed by atoms with Gasteiger partial charge in [-0.25, -0.2) is 4.79 Å². The van der Waals surface area contributed by atoms with Crippen molar-refractivity contribution in [2.24, 2.45) is 0 Å². The first-order valence-corrected chi connectivity index (χ1v) is 6.71. The maximum Gasteiger partial charge on any atom is 0.326 e. The highest BCUT2D eigenvalue weighted by Gasteiger charge is 2.35. The zero-order valence-corrected chi connectivity index (χ0v) is 11.6. The third-order valence-electron chi connectivity index (χ3n) is 3.70. The molecule has 1 heterocycles. The second-order valence-corrected chi connectivity index (χ2v) is 5.08. The molecule has 1 atom stereocenters. The number of nitrogens with zero attached hydrogens (tertiary/aromatic N) is 2. The fraction of sp³-hybridized carbons (Fsp3) is 0.429. The van der Waals surface area contributed by atoms with E-state index in [1.807, 2.05) is 0 Å². The maximum atomic E-state index is 12.6. The third kappa shape index (κ3) is 2.86. The van der Waals surface area contributed by atoms with Crippen LogP contribution in [0.15, 0.2) is 18.2 Å². The van der Waals surface area contributed by atoms with Crippen molar-refractivity contribution in [3.63, 3.8) is 0 Å². The van der Waals surface area contributed by atoms with E-state index in [9.17, 15) is 24.8 Å². The van der Waals surface area contributed by atoms with Crippen molar-refractivity contribution in [3.05, 3.63) is 39.4 Å².